The van der Waals surface area contributed by atoms with E-state index in [1.165, 1.54) is 0 Å². The summed E-state index contributed by atoms with van der Waals surface area (Å²) in [7, 11) is -3.00. The van der Waals surface area contributed by atoms with Gasteiger partial charge in [0.15, 0.2) is 21.3 Å². The van der Waals surface area contributed by atoms with E-state index in [0.717, 1.165) is 0 Å². The number of hydrogen-bond donors (Lipinski definition) is 1. The third-order valence-electron chi connectivity index (χ3n) is 3.37. The molecule has 7 heteroatoms. The van der Waals surface area contributed by atoms with Crippen LogP contribution in [0.4, 0.5) is 0 Å². The Morgan fingerprint density at radius 1 is 1.20 bits per heavy atom. The van der Waals surface area contributed by atoms with Crippen LogP contribution in [0.2, 0.25) is 0 Å². The Kier molecular flexibility index (Phi) is 3.29. The highest BCUT2D eigenvalue weighted by molar-refractivity contribution is 7.91. The zero-order valence-electron chi connectivity index (χ0n) is 10.8. The molecule has 0 spiro atoms. The molecule has 0 saturated carbocycles. The molecule has 2 aliphatic heterocycles. The van der Waals surface area contributed by atoms with Gasteiger partial charge in [-0.15, -0.1) is 0 Å². The summed E-state index contributed by atoms with van der Waals surface area (Å²) in [4.78, 5) is 12.1. The minimum absolute atomic E-state index is 0.0172. The van der Waals surface area contributed by atoms with Crippen LogP contribution in [0.15, 0.2) is 18.2 Å². The van der Waals surface area contributed by atoms with Crippen molar-refractivity contribution >= 4 is 15.7 Å². The average Bonchev–Trinajstić information content (AvgIpc) is 2.77. The third kappa shape index (κ3) is 2.72. The molecule has 108 valence electrons. The molecule has 20 heavy (non-hydrogen) atoms. The predicted octanol–water partition coefficient (Wildman–Crippen LogP) is 0.375. The number of rotatable bonds is 2. The van der Waals surface area contributed by atoms with Gasteiger partial charge in [0.2, 0.25) is 0 Å². The number of amides is 1. The number of ether oxygens (including phenoxy) is 2. The molecule has 1 N–H and O–H groups in total. The van der Waals surface area contributed by atoms with E-state index in [1.807, 2.05) is 0 Å². The van der Waals surface area contributed by atoms with E-state index in [2.05, 4.69) is 5.32 Å². The van der Waals surface area contributed by atoms with Crippen molar-refractivity contribution in [2.45, 2.75) is 12.5 Å². The molecule has 6 nitrogen and oxygen atoms in total. The van der Waals surface area contributed by atoms with Crippen LogP contribution in [-0.4, -0.2) is 45.1 Å². The fraction of sp³-hybridized carbons (Fsp3) is 0.462. The lowest BCUT2D eigenvalue weighted by molar-refractivity contribution is 0.0940. The van der Waals surface area contributed by atoms with E-state index in [0.29, 0.717) is 36.7 Å². The summed E-state index contributed by atoms with van der Waals surface area (Å²) in [5.74, 6) is 1.03. The van der Waals surface area contributed by atoms with Crippen LogP contribution in [0, 0.1) is 0 Å². The first kappa shape index (κ1) is 13.2. The molecule has 0 bridgehead atoms. The van der Waals surface area contributed by atoms with Gasteiger partial charge in [-0.1, -0.05) is 0 Å². The fourth-order valence-electron chi connectivity index (χ4n) is 2.36. The molecule has 1 aromatic carbocycles. The molecule has 1 aromatic rings. The predicted molar refractivity (Wildman–Crippen MR) is 72.0 cm³/mol. The SMILES string of the molecule is O=C(NC1CCS(=O)(=O)C1)c1ccc2c(c1)OCCO2. The molecular formula is C13H15NO5S. The first-order chi connectivity index (χ1) is 9.53. The Morgan fingerprint density at radius 3 is 2.65 bits per heavy atom. The van der Waals surface area contributed by atoms with E-state index < -0.39 is 9.84 Å². The number of hydrogen-bond acceptors (Lipinski definition) is 5. The molecule has 0 radical (unpaired) electrons. The topological polar surface area (TPSA) is 81.7 Å². The van der Waals surface area contributed by atoms with Crippen LogP contribution in [0.5, 0.6) is 11.5 Å². The van der Waals surface area contributed by atoms with Gasteiger partial charge in [-0.2, -0.15) is 0 Å². The Bertz CT molecular complexity index is 640. The van der Waals surface area contributed by atoms with Crippen LogP contribution >= 0.6 is 0 Å². The number of sulfone groups is 1. The molecule has 1 atom stereocenters. The smallest absolute Gasteiger partial charge is 0.251 e. The minimum Gasteiger partial charge on any atom is -0.486 e. The van der Waals surface area contributed by atoms with Crippen molar-refractivity contribution in [2.24, 2.45) is 0 Å². The summed E-state index contributed by atoms with van der Waals surface area (Å²) < 4.78 is 33.5. The largest absolute Gasteiger partial charge is 0.486 e. The lowest BCUT2D eigenvalue weighted by Gasteiger charge is -2.19. The van der Waals surface area contributed by atoms with Crippen LogP contribution in [-0.2, 0) is 9.84 Å². The van der Waals surface area contributed by atoms with Crippen molar-refractivity contribution < 1.29 is 22.7 Å². The Balaban J connectivity index is 1.71. The van der Waals surface area contributed by atoms with Gasteiger partial charge in [0.1, 0.15) is 13.2 Å². The molecule has 0 aromatic heterocycles. The van der Waals surface area contributed by atoms with Crippen molar-refractivity contribution in [3.63, 3.8) is 0 Å². The Labute approximate surface area is 117 Å². The molecule has 0 aliphatic carbocycles. The van der Waals surface area contributed by atoms with Gasteiger partial charge in [0.25, 0.3) is 5.91 Å². The second-order valence-corrected chi connectivity index (χ2v) is 7.16. The van der Waals surface area contributed by atoms with Crippen LogP contribution < -0.4 is 14.8 Å². The van der Waals surface area contributed by atoms with E-state index in [9.17, 15) is 13.2 Å². The third-order valence-corrected chi connectivity index (χ3v) is 5.14. The zero-order chi connectivity index (χ0) is 14.2. The summed E-state index contributed by atoms with van der Waals surface area (Å²) in [5.41, 5.74) is 0.443. The summed E-state index contributed by atoms with van der Waals surface area (Å²) in [5, 5.41) is 2.74. The Morgan fingerprint density at radius 2 is 1.95 bits per heavy atom. The molecule has 2 aliphatic rings. The second-order valence-electron chi connectivity index (χ2n) is 4.93. The van der Waals surface area contributed by atoms with Crippen molar-refractivity contribution in [3.05, 3.63) is 23.8 Å². The van der Waals surface area contributed by atoms with E-state index in [4.69, 9.17) is 9.47 Å². The summed E-state index contributed by atoms with van der Waals surface area (Å²) in [6.07, 6.45) is 0.471. The highest BCUT2D eigenvalue weighted by Crippen LogP contribution is 2.30. The highest BCUT2D eigenvalue weighted by Gasteiger charge is 2.29. The lowest BCUT2D eigenvalue weighted by atomic mass is 10.1. The van der Waals surface area contributed by atoms with Crippen molar-refractivity contribution in [1.82, 2.24) is 5.32 Å². The first-order valence-electron chi connectivity index (χ1n) is 6.44. The normalized spacial score (nSPS) is 23.3. The van der Waals surface area contributed by atoms with Crippen LogP contribution in [0.3, 0.4) is 0 Å². The van der Waals surface area contributed by atoms with Gasteiger partial charge < -0.3 is 14.8 Å². The van der Waals surface area contributed by atoms with Gasteiger partial charge >= 0.3 is 0 Å². The van der Waals surface area contributed by atoms with Crippen LogP contribution in [0.25, 0.3) is 0 Å². The Hall–Kier alpha value is -1.76. The summed E-state index contributed by atoms with van der Waals surface area (Å²) in [6.45, 7) is 0.956. The van der Waals surface area contributed by atoms with E-state index in [1.54, 1.807) is 18.2 Å². The number of carbonyl (C=O) groups excluding carboxylic acids is 1. The molecule has 1 amide bonds. The summed E-state index contributed by atoms with van der Waals surface area (Å²) >= 11 is 0. The molecule has 2 heterocycles. The monoisotopic (exact) mass is 297 g/mol. The maximum absolute atomic E-state index is 12.1. The van der Waals surface area contributed by atoms with Gasteiger partial charge in [-0.05, 0) is 24.6 Å². The van der Waals surface area contributed by atoms with Crippen LogP contribution in [0.1, 0.15) is 16.8 Å². The van der Waals surface area contributed by atoms with Gasteiger partial charge in [-0.25, -0.2) is 8.42 Å². The maximum atomic E-state index is 12.1. The van der Waals surface area contributed by atoms with Gasteiger partial charge in [0, 0.05) is 11.6 Å². The van der Waals surface area contributed by atoms with Gasteiger partial charge in [-0.3, -0.25) is 4.79 Å². The fourth-order valence-corrected chi connectivity index (χ4v) is 4.04. The summed E-state index contributed by atoms with van der Waals surface area (Å²) in [6, 6.07) is 4.65. The number of carbonyl (C=O) groups is 1. The first-order valence-corrected chi connectivity index (χ1v) is 8.26. The number of benzene rings is 1. The average molecular weight is 297 g/mol. The molecule has 1 fully saturated rings. The highest BCUT2D eigenvalue weighted by atomic mass is 32.2. The van der Waals surface area contributed by atoms with Crippen molar-refractivity contribution in [3.8, 4) is 11.5 Å². The van der Waals surface area contributed by atoms with E-state index >= 15 is 0 Å². The number of fused-ring (bicyclic) bond motifs is 1. The molecular weight excluding hydrogens is 282 g/mol. The quantitative estimate of drug-likeness (QED) is 0.853. The second kappa shape index (κ2) is 4.97. The van der Waals surface area contributed by atoms with Crippen molar-refractivity contribution in [1.29, 1.82) is 0 Å². The standard InChI is InChI=1S/C13H15NO5S/c15-13(14-10-3-6-20(16,17)8-10)9-1-2-11-12(7-9)19-5-4-18-11/h1-2,7,10H,3-6,8H2,(H,14,15). The minimum atomic E-state index is -3.00. The molecule has 3 rings (SSSR count). The van der Waals surface area contributed by atoms with Gasteiger partial charge in [0.05, 0.1) is 11.5 Å². The zero-order valence-corrected chi connectivity index (χ0v) is 11.6. The number of nitrogens with one attached hydrogen (secondary N) is 1. The lowest BCUT2D eigenvalue weighted by Crippen LogP contribution is -2.35. The van der Waals surface area contributed by atoms with E-state index in [-0.39, 0.29) is 23.5 Å². The van der Waals surface area contributed by atoms with Crippen molar-refractivity contribution in [2.75, 3.05) is 24.7 Å². The maximum Gasteiger partial charge on any atom is 0.251 e. The molecule has 1 unspecified atom stereocenters. The molecule has 1 saturated heterocycles.